The standard InChI is InChI=1S/C21H30F3NO5/c22-21(23,24)15-19(30-20-12-6-8-14-29-20)18(25(26)27)11-5-2-7-13-28-16-17-9-3-1-4-10-17/h1,3-4,9-10,18-20H,2,5-8,11-16H2. The molecule has 1 aliphatic rings. The highest BCUT2D eigenvalue weighted by Crippen LogP contribution is 2.29. The van der Waals surface area contributed by atoms with Crippen LogP contribution in [-0.2, 0) is 20.8 Å². The van der Waals surface area contributed by atoms with Crippen LogP contribution in [0.15, 0.2) is 30.3 Å². The molecule has 0 bridgehead atoms. The Morgan fingerprint density at radius 2 is 1.93 bits per heavy atom. The number of rotatable bonds is 13. The second kappa shape index (κ2) is 12.9. The van der Waals surface area contributed by atoms with Gasteiger partial charge in [0, 0.05) is 24.6 Å². The molecular formula is C21H30F3NO5. The van der Waals surface area contributed by atoms with Gasteiger partial charge in [0.1, 0.15) is 6.10 Å². The summed E-state index contributed by atoms with van der Waals surface area (Å²) in [7, 11) is 0. The molecule has 6 nitrogen and oxygen atoms in total. The van der Waals surface area contributed by atoms with Crippen molar-refractivity contribution in [1.29, 1.82) is 0 Å². The van der Waals surface area contributed by atoms with Gasteiger partial charge < -0.3 is 14.2 Å². The number of halogens is 3. The van der Waals surface area contributed by atoms with E-state index in [1.54, 1.807) is 0 Å². The van der Waals surface area contributed by atoms with Gasteiger partial charge in [0.2, 0.25) is 6.04 Å². The van der Waals surface area contributed by atoms with E-state index in [0.717, 1.165) is 18.4 Å². The molecule has 0 spiro atoms. The molecule has 1 aliphatic heterocycles. The summed E-state index contributed by atoms with van der Waals surface area (Å²) in [5.41, 5.74) is 1.06. The molecule has 1 fully saturated rings. The number of nitro groups is 1. The molecule has 170 valence electrons. The summed E-state index contributed by atoms with van der Waals surface area (Å²) in [6.07, 6.45) is -4.41. The zero-order valence-electron chi connectivity index (χ0n) is 17.0. The van der Waals surface area contributed by atoms with Crippen LogP contribution in [0.2, 0.25) is 0 Å². The van der Waals surface area contributed by atoms with Crippen LogP contribution >= 0.6 is 0 Å². The molecule has 1 aromatic rings. The summed E-state index contributed by atoms with van der Waals surface area (Å²) in [5, 5.41) is 11.5. The minimum absolute atomic E-state index is 0.0269. The number of benzene rings is 1. The van der Waals surface area contributed by atoms with Crippen LogP contribution in [0, 0.1) is 10.1 Å². The maximum Gasteiger partial charge on any atom is 0.391 e. The molecule has 0 saturated carbocycles. The van der Waals surface area contributed by atoms with Crippen molar-refractivity contribution in [2.45, 2.75) is 82.6 Å². The Morgan fingerprint density at radius 1 is 1.17 bits per heavy atom. The summed E-state index contributed by atoms with van der Waals surface area (Å²) < 4.78 is 55.3. The van der Waals surface area contributed by atoms with E-state index in [1.165, 1.54) is 0 Å². The van der Waals surface area contributed by atoms with Gasteiger partial charge >= 0.3 is 6.18 Å². The fourth-order valence-electron chi connectivity index (χ4n) is 3.44. The molecule has 0 radical (unpaired) electrons. The monoisotopic (exact) mass is 433 g/mol. The van der Waals surface area contributed by atoms with E-state index in [0.29, 0.717) is 45.5 Å². The lowest BCUT2D eigenvalue weighted by atomic mass is 10.0. The zero-order valence-corrected chi connectivity index (χ0v) is 17.0. The number of hydrogen-bond acceptors (Lipinski definition) is 5. The van der Waals surface area contributed by atoms with E-state index < -0.39 is 36.0 Å². The van der Waals surface area contributed by atoms with Gasteiger partial charge in [0.05, 0.1) is 13.0 Å². The zero-order chi connectivity index (χ0) is 21.8. The summed E-state index contributed by atoms with van der Waals surface area (Å²) >= 11 is 0. The quantitative estimate of drug-likeness (QED) is 0.241. The third kappa shape index (κ3) is 9.86. The van der Waals surface area contributed by atoms with Crippen LogP contribution in [0.1, 0.15) is 56.9 Å². The van der Waals surface area contributed by atoms with Gasteiger partial charge in [-0.2, -0.15) is 13.2 Å². The van der Waals surface area contributed by atoms with Gasteiger partial charge in [-0.3, -0.25) is 10.1 Å². The fraction of sp³-hybridized carbons (Fsp3) is 0.714. The lowest BCUT2D eigenvalue weighted by Gasteiger charge is -2.29. The molecule has 0 aromatic heterocycles. The highest BCUT2D eigenvalue weighted by atomic mass is 19.4. The Hall–Kier alpha value is -1.71. The predicted molar refractivity (Wildman–Crippen MR) is 104 cm³/mol. The van der Waals surface area contributed by atoms with Crippen molar-refractivity contribution in [2.24, 2.45) is 0 Å². The third-order valence-electron chi connectivity index (χ3n) is 5.00. The SMILES string of the molecule is O=[N+]([O-])C(CCCCCOCc1ccccc1)C(CC(F)(F)F)OC1CCCCO1. The van der Waals surface area contributed by atoms with Crippen LogP contribution < -0.4 is 0 Å². The van der Waals surface area contributed by atoms with Crippen molar-refractivity contribution in [2.75, 3.05) is 13.2 Å². The maximum absolute atomic E-state index is 13.0. The summed E-state index contributed by atoms with van der Waals surface area (Å²) in [5.74, 6) is 0. The van der Waals surface area contributed by atoms with Crippen LogP contribution in [0.25, 0.3) is 0 Å². The molecule has 1 heterocycles. The molecule has 9 heteroatoms. The number of hydrogen-bond donors (Lipinski definition) is 0. The van der Waals surface area contributed by atoms with E-state index in [1.807, 2.05) is 30.3 Å². The molecule has 1 saturated heterocycles. The van der Waals surface area contributed by atoms with Gasteiger partial charge in [-0.1, -0.05) is 36.8 Å². The lowest BCUT2D eigenvalue weighted by Crippen LogP contribution is -2.42. The molecule has 0 aliphatic carbocycles. The van der Waals surface area contributed by atoms with Crippen molar-refractivity contribution < 1.29 is 32.3 Å². The average Bonchev–Trinajstić information content (AvgIpc) is 2.70. The molecule has 3 atom stereocenters. The van der Waals surface area contributed by atoms with Crippen molar-refractivity contribution in [3.63, 3.8) is 0 Å². The smallest absolute Gasteiger partial charge is 0.377 e. The first-order chi connectivity index (χ1) is 14.3. The summed E-state index contributed by atoms with van der Waals surface area (Å²) in [6, 6.07) is 8.27. The van der Waals surface area contributed by atoms with E-state index >= 15 is 0 Å². The van der Waals surface area contributed by atoms with Gasteiger partial charge in [0.25, 0.3) is 0 Å². The molecular weight excluding hydrogens is 403 g/mol. The minimum atomic E-state index is -4.54. The second-order valence-electron chi connectivity index (χ2n) is 7.53. The van der Waals surface area contributed by atoms with E-state index in [4.69, 9.17) is 14.2 Å². The van der Waals surface area contributed by atoms with Crippen molar-refractivity contribution in [1.82, 2.24) is 0 Å². The lowest BCUT2D eigenvalue weighted by molar-refractivity contribution is -0.541. The normalized spacial score (nSPS) is 19.4. The number of unbranched alkanes of at least 4 members (excludes halogenated alkanes) is 2. The van der Waals surface area contributed by atoms with E-state index in [9.17, 15) is 23.3 Å². The number of nitrogens with zero attached hydrogens (tertiary/aromatic N) is 1. The molecule has 1 aromatic carbocycles. The first kappa shape index (κ1) is 24.6. The Morgan fingerprint density at radius 3 is 2.57 bits per heavy atom. The Balaban J connectivity index is 1.76. The second-order valence-corrected chi connectivity index (χ2v) is 7.53. The minimum Gasteiger partial charge on any atom is -0.377 e. The summed E-state index contributed by atoms with van der Waals surface area (Å²) in [6.45, 7) is 1.38. The predicted octanol–water partition coefficient (Wildman–Crippen LogP) is 5.27. The highest BCUT2D eigenvalue weighted by molar-refractivity contribution is 5.13. The van der Waals surface area contributed by atoms with Crippen LogP contribution in [0.3, 0.4) is 0 Å². The van der Waals surface area contributed by atoms with Crippen LogP contribution in [0.4, 0.5) is 13.2 Å². The fourth-order valence-corrected chi connectivity index (χ4v) is 3.44. The highest BCUT2D eigenvalue weighted by Gasteiger charge is 2.42. The molecule has 30 heavy (non-hydrogen) atoms. The Kier molecular flexibility index (Phi) is 10.5. The van der Waals surface area contributed by atoms with E-state index in [2.05, 4.69) is 0 Å². The van der Waals surface area contributed by atoms with Crippen molar-refractivity contribution >= 4 is 0 Å². The molecule has 0 N–H and O–H groups in total. The molecule has 3 unspecified atom stereocenters. The van der Waals surface area contributed by atoms with Crippen LogP contribution in [0.5, 0.6) is 0 Å². The Bertz CT molecular complexity index is 608. The van der Waals surface area contributed by atoms with Gasteiger partial charge in [-0.05, 0) is 37.7 Å². The summed E-state index contributed by atoms with van der Waals surface area (Å²) in [4.78, 5) is 10.8. The number of alkyl halides is 3. The number of ether oxygens (including phenoxy) is 3. The van der Waals surface area contributed by atoms with Crippen molar-refractivity contribution in [3.05, 3.63) is 46.0 Å². The van der Waals surface area contributed by atoms with Crippen molar-refractivity contribution in [3.8, 4) is 0 Å². The van der Waals surface area contributed by atoms with Crippen LogP contribution in [-0.4, -0.2) is 42.7 Å². The first-order valence-electron chi connectivity index (χ1n) is 10.4. The first-order valence-corrected chi connectivity index (χ1v) is 10.4. The molecule has 2 rings (SSSR count). The maximum atomic E-state index is 13.0. The van der Waals surface area contributed by atoms with E-state index in [-0.39, 0.29) is 6.42 Å². The Labute approximate surface area is 174 Å². The topological polar surface area (TPSA) is 70.8 Å². The average molecular weight is 433 g/mol. The van der Waals surface area contributed by atoms with Gasteiger partial charge in [-0.15, -0.1) is 0 Å². The van der Waals surface area contributed by atoms with Gasteiger partial charge in [-0.25, -0.2) is 0 Å². The molecule has 0 amide bonds. The third-order valence-corrected chi connectivity index (χ3v) is 5.00. The largest absolute Gasteiger partial charge is 0.391 e. The van der Waals surface area contributed by atoms with Gasteiger partial charge in [0.15, 0.2) is 6.29 Å².